The second kappa shape index (κ2) is 5.80. The van der Waals surface area contributed by atoms with Crippen LogP contribution >= 0.6 is 0 Å². The van der Waals surface area contributed by atoms with Crippen LogP contribution in [0.5, 0.6) is 5.75 Å². The Morgan fingerprint density at radius 3 is 2.79 bits per heavy atom. The summed E-state index contributed by atoms with van der Waals surface area (Å²) >= 11 is 0. The standard InChI is InChI=1S/C15H24N2O2/c1-10(2)19-15-8-11(4-5-13(15)16)12-6-7-17(3)9-14(12)18/h4-5,8,10,12,14,18H,6-7,9,16H2,1-3H3/t12-,14-/m1/s1. The lowest BCUT2D eigenvalue weighted by atomic mass is 9.87. The number of benzene rings is 1. The third-order valence-corrected chi connectivity index (χ3v) is 3.61. The minimum Gasteiger partial charge on any atom is -0.489 e. The Labute approximate surface area is 115 Å². The summed E-state index contributed by atoms with van der Waals surface area (Å²) in [4.78, 5) is 2.16. The lowest BCUT2D eigenvalue weighted by molar-refractivity contribution is 0.0637. The van der Waals surface area contributed by atoms with E-state index in [0.29, 0.717) is 5.69 Å². The highest BCUT2D eigenvalue weighted by Gasteiger charge is 2.27. The quantitative estimate of drug-likeness (QED) is 0.818. The van der Waals surface area contributed by atoms with Crippen LogP contribution in [-0.4, -0.2) is 42.4 Å². The molecule has 0 saturated carbocycles. The van der Waals surface area contributed by atoms with Crippen LogP contribution in [0.2, 0.25) is 0 Å². The van der Waals surface area contributed by atoms with Crippen LogP contribution in [-0.2, 0) is 0 Å². The first kappa shape index (κ1) is 14.2. The molecule has 0 bridgehead atoms. The molecule has 4 nitrogen and oxygen atoms in total. The molecule has 0 spiro atoms. The summed E-state index contributed by atoms with van der Waals surface area (Å²) in [6, 6.07) is 5.86. The van der Waals surface area contributed by atoms with Crippen LogP contribution in [0.4, 0.5) is 5.69 Å². The average molecular weight is 264 g/mol. The van der Waals surface area contributed by atoms with E-state index in [0.717, 1.165) is 30.8 Å². The number of ether oxygens (including phenoxy) is 1. The van der Waals surface area contributed by atoms with Crippen molar-refractivity contribution in [3.63, 3.8) is 0 Å². The Morgan fingerprint density at radius 2 is 2.16 bits per heavy atom. The molecule has 2 rings (SSSR count). The predicted molar refractivity (Wildman–Crippen MR) is 77.5 cm³/mol. The monoisotopic (exact) mass is 264 g/mol. The fraction of sp³-hybridized carbons (Fsp3) is 0.600. The molecule has 19 heavy (non-hydrogen) atoms. The van der Waals surface area contributed by atoms with Crippen LogP contribution in [0.1, 0.15) is 31.7 Å². The molecule has 1 aromatic rings. The number of rotatable bonds is 3. The van der Waals surface area contributed by atoms with Gasteiger partial charge in [-0.25, -0.2) is 0 Å². The smallest absolute Gasteiger partial charge is 0.142 e. The molecule has 1 saturated heterocycles. The topological polar surface area (TPSA) is 58.7 Å². The lowest BCUT2D eigenvalue weighted by Crippen LogP contribution is -2.40. The van der Waals surface area contributed by atoms with Gasteiger partial charge in [0.15, 0.2) is 0 Å². The van der Waals surface area contributed by atoms with E-state index in [9.17, 15) is 5.11 Å². The van der Waals surface area contributed by atoms with E-state index < -0.39 is 0 Å². The van der Waals surface area contributed by atoms with Crippen LogP contribution in [0.25, 0.3) is 0 Å². The lowest BCUT2D eigenvalue weighted by Gasteiger charge is -2.34. The second-order valence-electron chi connectivity index (χ2n) is 5.69. The largest absolute Gasteiger partial charge is 0.489 e. The SMILES string of the molecule is CC(C)Oc1cc([C@H]2CCN(C)C[C@H]2O)ccc1N. The fourth-order valence-electron chi connectivity index (χ4n) is 2.62. The van der Waals surface area contributed by atoms with Crippen molar-refractivity contribution in [3.8, 4) is 5.75 Å². The number of likely N-dealkylation sites (tertiary alicyclic amines) is 1. The van der Waals surface area contributed by atoms with Gasteiger partial charge in [-0.3, -0.25) is 0 Å². The van der Waals surface area contributed by atoms with E-state index in [1.807, 2.05) is 39.1 Å². The number of anilines is 1. The zero-order valence-electron chi connectivity index (χ0n) is 12.0. The van der Waals surface area contributed by atoms with E-state index in [4.69, 9.17) is 10.5 Å². The van der Waals surface area contributed by atoms with Gasteiger partial charge in [0.2, 0.25) is 0 Å². The van der Waals surface area contributed by atoms with Gasteiger partial charge < -0.3 is 20.5 Å². The molecule has 1 aliphatic rings. The van der Waals surface area contributed by atoms with Gasteiger partial charge in [0.25, 0.3) is 0 Å². The summed E-state index contributed by atoms with van der Waals surface area (Å²) in [6.07, 6.45) is 0.733. The van der Waals surface area contributed by atoms with Gasteiger partial charge in [0, 0.05) is 12.5 Å². The van der Waals surface area contributed by atoms with Crippen molar-refractivity contribution in [2.45, 2.75) is 38.4 Å². The summed E-state index contributed by atoms with van der Waals surface area (Å²) in [5.41, 5.74) is 7.70. The molecule has 4 heteroatoms. The number of aliphatic hydroxyl groups excluding tert-OH is 1. The number of nitrogens with two attached hydrogens (primary N) is 1. The molecular formula is C15H24N2O2. The predicted octanol–water partition coefficient (Wildman–Crippen LogP) is 1.84. The fourth-order valence-corrected chi connectivity index (χ4v) is 2.62. The first-order chi connectivity index (χ1) is 8.97. The number of piperidine rings is 1. The highest BCUT2D eigenvalue weighted by molar-refractivity contribution is 5.54. The first-order valence-electron chi connectivity index (χ1n) is 6.90. The molecule has 0 aliphatic carbocycles. The zero-order chi connectivity index (χ0) is 14.0. The molecule has 0 amide bonds. The number of likely N-dealkylation sites (N-methyl/N-ethyl adjacent to an activating group) is 1. The summed E-state index contributed by atoms with van der Waals surface area (Å²) in [6.45, 7) is 5.69. The third kappa shape index (κ3) is 3.39. The van der Waals surface area contributed by atoms with Gasteiger partial charge in [0.05, 0.1) is 17.9 Å². The van der Waals surface area contributed by atoms with Gasteiger partial charge in [-0.1, -0.05) is 6.07 Å². The number of hydrogen-bond donors (Lipinski definition) is 2. The summed E-state index contributed by atoms with van der Waals surface area (Å²) in [7, 11) is 2.04. The van der Waals surface area contributed by atoms with Crippen molar-refractivity contribution in [1.29, 1.82) is 0 Å². The number of hydrogen-bond acceptors (Lipinski definition) is 4. The molecule has 1 heterocycles. The van der Waals surface area contributed by atoms with E-state index in [1.54, 1.807) is 0 Å². The van der Waals surface area contributed by atoms with Crippen molar-refractivity contribution in [3.05, 3.63) is 23.8 Å². The van der Waals surface area contributed by atoms with Gasteiger partial charge in [-0.05, 0) is 51.6 Å². The zero-order valence-corrected chi connectivity index (χ0v) is 12.0. The number of nitrogens with zero attached hydrogens (tertiary/aromatic N) is 1. The van der Waals surface area contributed by atoms with Crippen molar-refractivity contribution in [2.24, 2.45) is 0 Å². The van der Waals surface area contributed by atoms with E-state index in [1.165, 1.54) is 0 Å². The molecule has 0 radical (unpaired) electrons. The van der Waals surface area contributed by atoms with Crippen molar-refractivity contribution < 1.29 is 9.84 Å². The minimum absolute atomic E-state index is 0.0972. The molecule has 1 aliphatic heterocycles. The normalized spacial score (nSPS) is 24.7. The maximum absolute atomic E-state index is 10.2. The Kier molecular flexibility index (Phi) is 4.32. The van der Waals surface area contributed by atoms with Gasteiger partial charge in [-0.2, -0.15) is 0 Å². The molecule has 2 atom stereocenters. The van der Waals surface area contributed by atoms with Gasteiger partial charge in [-0.15, -0.1) is 0 Å². The van der Waals surface area contributed by atoms with Crippen molar-refractivity contribution in [1.82, 2.24) is 4.90 Å². The Hall–Kier alpha value is -1.26. The first-order valence-corrected chi connectivity index (χ1v) is 6.90. The van der Waals surface area contributed by atoms with E-state index >= 15 is 0 Å². The molecule has 0 aromatic heterocycles. The molecule has 3 N–H and O–H groups in total. The number of β-amino-alcohol motifs (C(OH)–C–C–N with tert-alkyl or cyclic N) is 1. The molecule has 1 aromatic carbocycles. The number of nitrogen functional groups attached to an aromatic ring is 1. The maximum Gasteiger partial charge on any atom is 0.142 e. The summed E-state index contributed by atoms with van der Waals surface area (Å²) in [5.74, 6) is 0.893. The van der Waals surface area contributed by atoms with Crippen molar-refractivity contribution >= 4 is 5.69 Å². The van der Waals surface area contributed by atoms with E-state index in [2.05, 4.69) is 4.90 Å². The Balaban J connectivity index is 2.20. The Bertz CT molecular complexity index is 434. The van der Waals surface area contributed by atoms with Gasteiger partial charge in [0.1, 0.15) is 5.75 Å². The third-order valence-electron chi connectivity index (χ3n) is 3.61. The molecular weight excluding hydrogens is 240 g/mol. The number of aliphatic hydroxyl groups is 1. The summed E-state index contributed by atoms with van der Waals surface area (Å²) < 4.78 is 5.72. The van der Waals surface area contributed by atoms with Gasteiger partial charge >= 0.3 is 0 Å². The van der Waals surface area contributed by atoms with Crippen LogP contribution in [0.15, 0.2) is 18.2 Å². The van der Waals surface area contributed by atoms with Crippen molar-refractivity contribution in [2.75, 3.05) is 25.9 Å². The van der Waals surface area contributed by atoms with Crippen LogP contribution in [0, 0.1) is 0 Å². The highest BCUT2D eigenvalue weighted by atomic mass is 16.5. The minimum atomic E-state index is -0.325. The maximum atomic E-state index is 10.2. The average Bonchev–Trinajstić information content (AvgIpc) is 2.32. The van der Waals surface area contributed by atoms with Crippen LogP contribution in [0.3, 0.4) is 0 Å². The Morgan fingerprint density at radius 1 is 1.42 bits per heavy atom. The molecule has 106 valence electrons. The van der Waals surface area contributed by atoms with Crippen LogP contribution < -0.4 is 10.5 Å². The van der Waals surface area contributed by atoms with E-state index in [-0.39, 0.29) is 18.1 Å². The summed E-state index contributed by atoms with van der Waals surface area (Å²) in [5, 5.41) is 10.2. The highest BCUT2D eigenvalue weighted by Crippen LogP contribution is 2.33. The molecule has 1 fully saturated rings. The molecule has 0 unspecified atom stereocenters. The second-order valence-corrected chi connectivity index (χ2v) is 5.69.